The second-order valence-electron chi connectivity index (χ2n) is 3.84. The number of hydrogen-bond acceptors (Lipinski definition) is 4. The van der Waals surface area contributed by atoms with Crippen LogP contribution in [0.25, 0.3) is 0 Å². The first-order valence-corrected chi connectivity index (χ1v) is 5.98. The van der Waals surface area contributed by atoms with Crippen LogP contribution in [0.1, 0.15) is 15.4 Å². The normalized spacial score (nSPS) is 10.7. The minimum Gasteiger partial charge on any atom is -0.394 e. The number of anilines is 2. The summed E-state index contributed by atoms with van der Waals surface area (Å²) in [4.78, 5) is 2.63. The van der Waals surface area contributed by atoms with Gasteiger partial charge in [0.15, 0.2) is 0 Å². The van der Waals surface area contributed by atoms with E-state index in [0.29, 0.717) is 0 Å². The van der Waals surface area contributed by atoms with Gasteiger partial charge in [-0.1, -0.05) is 0 Å². The monoisotopic (exact) mass is 236 g/mol. The summed E-state index contributed by atoms with van der Waals surface area (Å²) in [6, 6.07) is 4.26. The van der Waals surface area contributed by atoms with Gasteiger partial charge in [0.05, 0.1) is 17.9 Å². The lowest BCUT2D eigenvalue weighted by Crippen LogP contribution is -2.05. The zero-order valence-corrected chi connectivity index (χ0v) is 10.6. The number of thiophene rings is 1. The lowest BCUT2D eigenvalue weighted by Gasteiger charge is -2.05. The summed E-state index contributed by atoms with van der Waals surface area (Å²) in [6.07, 6.45) is 0. The number of hydrogen-bond donors (Lipinski definition) is 2. The third kappa shape index (κ3) is 2.04. The third-order valence-electron chi connectivity index (χ3n) is 2.49. The topological polar surface area (TPSA) is 55.9 Å². The van der Waals surface area contributed by atoms with Crippen molar-refractivity contribution in [2.45, 2.75) is 20.4 Å². The van der Waals surface area contributed by atoms with Gasteiger partial charge in [0.2, 0.25) is 0 Å². The Bertz CT molecular complexity index is 498. The second kappa shape index (κ2) is 4.17. The fourth-order valence-corrected chi connectivity index (χ4v) is 2.47. The minimum absolute atomic E-state index is 0.732. The third-order valence-corrected chi connectivity index (χ3v) is 3.50. The van der Waals surface area contributed by atoms with Crippen molar-refractivity contribution in [3.05, 3.63) is 27.6 Å². The first kappa shape index (κ1) is 11.0. The summed E-state index contributed by atoms with van der Waals surface area (Å²) < 4.78 is 1.78. The largest absolute Gasteiger partial charge is 0.394 e. The van der Waals surface area contributed by atoms with Crippen molar-refractivity contribution in [2.75, 3.05) is 11.1 Å². The van der Waals surface area contributed by atoms with Crippen LogP contribution in [0.5, 0.6) is 0 Å². The molecule has 0 bridgehead atoms. The van der Waals surface area contributed by atoms with Crippen LogP contribution in [-0.4, -0.2) is 9.78 Å². The number of nitrogens with one attached hydrogen (secondary N) is 1. The maximum atomic E-state index is 5.93. The van der Waals surface area contributed by atoms with E-state index in [1.807, 2.05) is 14.0 Å². The van der Waals surface area contributed by atoms with E-state index in [4.69, 9.17) is 5.73 Å². The van der Waals surface area contributed by atoms with Crippen molar-refractivity contribution in [3.8, 4) is 0 Å². The lowest BCUT2D eigenvalue weighted by molar-refractivity contribution is 0.758. The molecule has 2 heterocycles. The highest BCUT2D eigenvalue weighted by molar-refractivity contribution is 7.11. The molecule has 0 atom stereocenters. The van der Waals surface area contributed by atoms with Crippen molar-refractivity contribution in [3.63, 3.8) is 0 Å². The van der Waals surface area contributed by atoms with Gasteiger partial charge >= 0.3 is 0 Å². The first-order valence-electron chi connectivity index (χ1n) is 5.16. The van der Waals surface area contributed by atoms with Gasteiger partial charge in [0, 0.05) is 16.8 Å². The van der Waals surface area contributed by atoms with E-state index in [1.54, 1.807) is 16.0 Å². The predicted octanol–water partition coefficient (Wildman–Crippen LogP) is 2.29. The molecule has 0 aliphatic heterocycles. The highest BCUT2D eigenvalue weighted by Gasteiger charge is 2.09. The maximum Gasteiger partial charge on any atom is 0.148 e. The van der Waals surface area contributed by atoms with Crippen molar-refractivity contribution in [1.82, 2.24) is 9.78 Å². The fraction of sp³-hybridized carbons (Fsp3) is 0.364. The molecule has 2 aromatic rings. The Morgan fingerprint density at radius 2 is 2.19 bits per heavy atom. The van der Waals surface area contributed by atoms with Crippen molar-refractivity contribution >= 4 is 22.8 Å². The van der Waals surface area contributed by atoms with Crippen LogP contribution in [0.4, 0.5) is 11.5 Å². The van der Waals surface area contributed by atoms with Crippen LogP contribution in [0.15, 0.2) is 12.1 Å². The Kier molecular flexibility index (Phi) is 2.87. The van der Waals surface area contributed by atoms with Gasteiger partial charge in [0.1, 0.15) is 5.82 Å². The van der Waals surface area contributed by atoms with E-state index < -0.39 is 0 Å². The van der Waals surface area contributed by atoms with Gasteiger partial charge in [-0.2, -0.15) is 5.10 Å². The molecule has 86 valence electrons. The zero-order chi connectivity index (χ0) is 11.7. The minimum atomic E-state index is 0.732. The van der Waals surface area contributed by atoms with Crippen LogP contribution in [0.2, 0.25) is 0 Å². The molecule has 16 heavy (non-hydrogen) atoms. The van der Waals surface area contributed by atoms with Crippen LogP contribution in [0.3, 0.4) is 0 Å². The summed E-state index contributed by atoms with van der Waals surface area (Å²) >= 11 is 1.79. The average Bonchev–Trinajstić information content (AvgIpc) is 2.72. The number of nitrogens with zero attached hydrogens (tertiary/aromatic N) is 2. The van der Waals surface area contributed by atoms with Gasteiger partial charge in [0.25, 0.3) is 0 Å². The number of rotatable bonds is 3. The quantitative estimate of drug-likeness (QED) is 0.859. The molecule has 5 heteroatoms. The maximum absolute atomic E-state index is 5.93. The highest BCUT2D eigenvalue weighted by atomic mass is 32.1. The number of nitrogen functional groups attached to an aromatic ring is 1. The van der Waals surface area contributed by atoms with Crippen LogP contribution in [0, 0.1) is 13.8 Å². The Morgan fingerprint density at radius 3 is 2.69 bits per heavy atom. The summed E-state index contributed by atoms with van der Waals surface area (Å²) in [5, 5.41) is 7.58. The molecule has 0 amide bonds. The Labute approximate surface area is 99.1 Å². The van der Waals surface area contributed by atoms with Crippen molar-refractivity contribution < 1.29 is 0 Å². The molecule has 0 aliphatic rings. The SMILES string of the molecule is Cc1ccc(CNc2c(N)c(C)nn2C)s1. The summed E-state index contributed by atoms with van der Waals surface area (Å²) in [5.41, 5.74) is 7.53. The molecule has 0 fully saturated rings. The van der Waals surface area contributed by atoms with Crippen molar-refractivity contribution in [1.29, 1.82) is 0 Å². The molecular formula is C11H16N4S. The van der Waals surface area contributed by atoms with Gasteiger partial charge in [-0.25, -0.2) is 0 Å². The number of nitrogens with two attached hydrogens (primary N) is 1. The molecule has 2 aromatic heterocycles. The molecule has 0 saturated carbocycles. The molecule has 0 saturated heterocycles. The second-order valence-corrected chi connectivity index (χ2v) is 5.21. The molecule has 0 unspecified atom stereocenters. The average molecular weight is 236 g/mol. The number of aromatic nitrogens is 2. The fourth-order valence-electron chi connectivity index (χ4n) is 1.64. The Hall–Kier alpha value is -1.49. The first-order chi connectivity index (χ1) is 7.58. The van der Waals surface area contributed by atoms with E-state index in [0.717, 1.165) is 23.7 Å². The summed E-state index contributed by atoms with van der Waals surface area (Å²) in [7, 11) is 1.89. The van der Waals surface area contributed by atoms with E-state index in [-0.39, 0.29) is 0 Å². The predicted molar refractivity (Wildman–Crippen MR) is 68.7 cm³/mol. The standard InChI is InChI=1S/C11H16N4S/c1-7-4-5-9(16-7)6-13-11-10(12)8(2)14-15(11)3/h4-5,13H,6,12H2,1-3H3. The van der Waals surface area contributed by atoms with E-state index in [9.17, 15) is 0 Å². The smallest absolute Gasteiger partial charge is 0.148 e. The van der Waals surface area contributed by atoms with Gasteiger partial charge in [-0.05, 0) is 26.0 Å². The summed E-state index contributed by atoms with van der Waals surface area (Å²) in [6.45, 7) is 4.81. The van der Waals surface area contributed by atoms with E-state index >= 15 is 0 Å². The van der Waals surface area contributed by atoms with E-state index in [2.05, 4.69) is 29.5 Å². The highest BCUT2D eigenvalue weighted by Crippen LogP contribution is 2.23. The molecule has 0 aromatic carbocycles. The Morgan fingerprint density at radius 1 is 1.44 bits per heavy atom. The van der Waals surface area contributed by atoms with E-state index in [1.165, 1.54) is 9.75 Å². The lowest BCUT2D eigenvalue weighted by atomic mass is 10.4. The van der Waals surface area contributed by atoms with Gasteiger partial charge in [-0.3, -0.25) is 4.68 Å². The molecule has 0 radical (unpaired) electrons. The van der Waals surface area contributed by atoms with Crippen LogP contribution < -0.4 is 11.1 Å². The molecule has 3 N–H and O–H groups in total. The van der Waals surface area contributed by atoms with Gasteiger partial charge in [-0.15, -0.1) is 11.3 Å². The molecule has 2 rings (SSSR count). The van der Waals surface area contributed by atoms with Gasteiger partial charge < -0.3 is 11.1 Å². The molecule has 0 spiro atoms. The van der Waals surface area contributed by atoms with Crippen LogP contribution >= 0.6 is 11.3 Å². The van der Waals surface area contributed by atoms with Crippen LogP contribution in [-0.2, 0) is 13.6 Å². The zero-order valence-electron chi connectivity index (χ0n) is 9.74. The summed E-state index contributed by atoms with van der Waals surface area (Å²) in [5.74, 6) is 0.892. The van der Waals surface area contributed by atoms with Crippen molar-refractivity contribution in [2.24, 2.45) is 7.05 Å². The molecule has 0 aliphatic carbocycles. The Balaban J connectivity index is 2.10. The number of aryl methyl sites for hydroxylation is 3. The molecule has 4 nitrogen and oxygen atoms in total. The molecular weight excluding hydrogens is 220 g/mol.